The Morgan fingerprint density at radius 3 is 2.93 bits per heavy atom. The van der Waals surface area contributed by atoms with Crippen LogP contribution in [-0.4, -0.2) is 40.5 Å². The van der Waals surface area contributed by atoms with Crippen molar-refractivity contribution in [1.29, 1.82) is 0 Å². The number of furan rings is 1. The highest BCUT2D eigenvalue weighted by molar-refractivity contribution is 7.99. The molecule has 160 valence electrons. The summed E-state index contributed by atoms with van der Waals surface area (Å²) in [7, 11) is 0. The molecule has 0 fully saturated rings. The second-order valence-corrected chi connectivity index (χ2v) is 8.32. The maximum atomic E-state index is 13.0. The van der Waals surface area contributed by atoms with Crippen LogP contribution in [0.2, 0.25) is 5.02 Å². The second kappa shape index (κ2) is 10.7. The van der Waals surface area contributed by atoms with Gasteiger partial charge in [-0.1, -0.05) is 23.4 Å². The lowest BCUT2D eigenvalue weighted by Crippen LogP contribution is -2.28. The molecule has 9 heteroatoms. The number of nitrogens with one attached hydrogen (secondary N) is 1. The molecule has 0 aliphatic heterocycles. The van der Waals surface area contributed by atoms with Crippen molar-refractivity contribution in [3.8, 4) is 0 Å². The lowest BCUT2D eigenvalue weighted by atomic mass is 10.2. The van der Waals surface area contributed by atoms with Crippen LogP contribution in [0.5, 0.6) is 0 Å². The molecule has 7 nitrogen and oxygen atoms in total. The zero-order valence-electron chi connectivity index (χ0n) is 16.9. The fraction of sp³-hybridized carbons (Fsp3) is 0.381. The third-order valence-corrected chi connectivity index (χ3v) is 5.41. The van der Waals surface area contributed by atoms with E-state index in [1.807, 2.05) is 13.8 Å². The number of amides is 1. The van der Waals surface area contributed by atoms with Crippen molar-refractivity contribution < 1.29 is 13.9 Å². The molecule has 2 aromatic heterocycles. The normalized spacial score (nSPS) is 11.3. The van der Waals surface area contributed by atoms with E-state index in [9.17, 15) is 9.59 Å². The Bertz CT molecular complexity index is 1050. The van der Waals surface area contributed by atoms with Gasteiger partial charge in [0.25, 0.3) is 5.56 Å². The third kappa shape index (κ3) is 6.10. The van der Waals surface area contributed by atoms with E-state index in [1.165, 1.54) is 16.3 Å². The van der Waals surface area contributed by atoms with Crippen LogP contribution in [-0.2, 0) is 16.1 Å². The van der Waals surface area contributed by atoms with Gasteiger partial charge in [-0.15, -0.1) is 0 Å². The second-order valence-electron chi connectivity index (χ2n) is 6.94. The van der Waals surface area contributed by atoms with Crippen LogP contribution >= 0.6 is 23.4 Å². The van der Waals surface area contributed by atoms with Gasteiger partial charge in [-0.2, -0.15) is 0 Å². The number of ether oxygens (including phenoxy) is 1. The van der Waals surface area contributed by atoms with Crippen molar-refractivity contribution in [3.63, 3.8) is 0 Å². The van der Waals surface area contributed by atoms with E-state index in [0.29, 0.717) is 40.0 Å². The number of benzene rings is 1. The largest absolute Gasteiger partial charge is 0.467 e. The highest BCUT2D eigenvalue weighted by atomic mass is 35.5. The fourth-order valence-electron chi connectivity index (χ4n) is 2.78. The predicted molar refractivity (Wildman–Crippen MR) is 118 cm³/mol. The van der Waals surface area contributed by atoms with E-state index in [2.05, 4.69) is 10.3 Å². The minimum Gasteiger partial charge on any atom is -0.467 e. The first-order valence-corrected chi connectivity index (χ1v) is 11.0. The minimum absolute atomic E-state index is 0.130. The first-order chi connectivity index (χ1) is 14.4. The van der Waals surface area contributed by atoms with Gasteiger partial charge in [-0.25, -0.2) is 4.98 Å². The number of hydrogen-bond acceptors (Lipinski definition) is 6. The average Bonchev–Trinajstić information content (AvgIpc) is 3.21. The number of carbonyl (C=O) groups excluding carboxylic acids is 1. The van der Waals surface area contributed by atoms with Crippen LogP contribution < -0.4 is 10.9 Å². The molecule has 0 unspecified atom stereocenters. The number of halogens is 1. The maximum absolute atomic E-state index is 13.0. The van der Waals surface area contributed by atoms with Crippen LogP contribution in [0.3, 0.4) is 0 Å². The van der Waals surface area contributed by atoms with Crippen LogP contribution in [0.15, 0.2) is 51.0 Å². The number of carbonyl (C=O) groups is 1. The lowest BCUT2D eigenvalue weighted by Gasteiger charge is -2.12. The minimum atomic E-state index is -0.207. The molecule has 1 amide bonds. The summed E-state index contributed by atoms with van der Waals surface area (Å²) in [5, 5.41) is 4.25. The number of rotatable bonds is 10. The number of hydrogen-bond donors (Lipinski definition) is 1. The van der Waals surface area contributed by atoms with Gasteiger partial charge < -0.3 is 14.5 Å². The number of fused-ring (bicyclic) bond motifs is 1. The summed E-state index contributed by atoms with van der Waals surface area (Å²) < 4.78 is 12.4. The number of nitrogens with zero attached hydrogens (tertiary/aromatic N) is 2. The smallest absolute Gasteiger partial charge is 0.262 e. The Morgan fingerprint density at radius 2 is 2.20 bits per heavy atom. The fourth-order valence-corrected chi connectivity index (χ4v) is 3.78. The molecular formula is C21H24ClN3O4S. The third-order valence-electron chi connectivity index (χ3n) is 4.20. The highest BCUT2D eigenvalue weighted by Gasteiger charge is 2.15. The van der Waals surface area contributed by atoms with E-state index in [4.69, 9.17) is 20.8 Å². The van der Waals surface area contributed by atoms with Crippen molar-refractivity contribution in [2.75, 3.05) is 18.9 Å². The zero-order chi connectivity index (χ0) is 21.5. The predicted octanol–water partition coefficient (Wildman–Crippen LogP) is 3.71. The van der Waals surface area contributed by atoms with Crippen LogP contribution in [0, 0.1) is 0 Å². The molecule has 0 aliphatic carbocycles. The van der Waals surface area contributed by atoms with Crippen molar-refractivity contribution in [2.24, 2.45) is 0 Å². The topological polar surface area (TPSA) is 86.4 Å². The molecule has 1 N–H and O–H groups in total. The molecule has 30 heavy (non-hydrogen) atoms. The Labute approximate surface area is 183 Å². The van der Waals surface area contributed by atoms with Crippen LogP contribution in [0.25, 0.3) is 10.9 Å². The number of thioether (sulfide) groups is 1. The molecule has 0 bridgehead atoms. The molecule has 1 aromatic carbocycles. The molecular weight excluding hydrogens is 426 g/mol. The maximum Gasteiger partial charge on any atom is 0.262 e. The van der Waals surface area contributed by atoms with Crippen molar-refractivity contribution in [2.45, 2.75) is 38.1 Å². The molecule has 0 saturated heterocycles. The monoisotopic (exact) mass is 449 g/mol. The molecule has 0 saturated carbocycles. The molecule has 3 rings (SSSR count). The Hall–Kier alpha value is -2.29. The van der Waals surface area contributed by atoms with E-state index in [-0.39, 0.29) is 29.9 Å². The van der Waals surface area contributed by atoms with Crippen LogP contribution in [0.1, 0.15) is 26.0 Å². The van der Waals surface area contributed by atoms with Gasteiger partial charge in [0.05, 0.1) is 35.6 Å². The van der Waals surface area contributed by atoms with Gasteiger partial charge in [-0.05, 0) is 50.6 Å². The van der Waals surface area contributed by atoms with Gasteiger partial charge in [0.15, 0.2) is 5.16 Å². The van der Waals surface area contributed by atoms with E-state index >= 15 is 0 Å². The molecule has 3 aromatic rings. The highest BCUT2D eigenvalue weighted by Crippen LogP contribution is 2.21. The first kappa shape index (κ1) is 22.4. The summed E-state index contributed by atoms with van der Waals surface area (Å²) in [5.74, 6) is 0.639. The van der Waals surface area contributed by atoms with Crippen molar-refractivity contribution in [3.05, 3.63) is 57.7 Å². The Kier molecular flexibility index (Phi) is 7.95. The summed E-state index contributed by atoms with van der Waals surface area (Å²) in [4.78, 5) is 29.8. The molecule has 0 atom stereocenters. The van der Waals surface area contributed by atoms with Crippen molar-refractivity contribution in [1.82, 2.24) is 14.9 Å². The summed E-state index contributed by atoms with van der Waals surface area (Å²) in [5.41, 5.74) is 0.291. The first-order valence-electron chi connectivity index (χ1n) is 9.67. The Balaban J connectivity index is 1.73. The quantitative estimate of drug-likeness (QED) is 0.288. The van der Waals surface area contributed by atoms with Crippen LogP contribution in [0.4, 0.5) is 0 Å². The summed E-state index contributed by atoms with van der Waals surface area (Å²) >= 11 is 7.27. The van der Waals surface area contributed by atoms with E-state index in [0.717, 1.165) is 6.42 Å². The Morgan fingerprint density at radius 1 is 1.37 bits per heavy atom. The van der Waals surface area contributed by atoms with Gasteiger partial charge in [-0.3, -0.25) is 14.2 Å². The average molecular weight is 450 g/mol. The SMILES string of the molecule is CC(C)OCCCNC(=O)CSc1nc2cc(Cl)ccc2c(=O)n1Cc1ccco1. The molecule has 0 radical (unpaired) electrons. The summed E-state index contributed by atoms with van der Waals surface area (Å²) in [6, 6.07) is 8.52. The lowest BCUT2D eigenvalue weighted by molar-refractivity contribution is -0.118. The van der Waals surface area contributed by atoms with Crippen molar-refractivity contribution >= 4 is 40.2 Å². The van der Waals surface area contributed by atoms with E-state index in [1.54, 1.807) is 36.6 Å². The number of aromatic nitrogens is 2. The van der Waals surface area contributed by atoms with Gasteiger partial charge in [0.2, 0.25) is 5.91 Å². The zero-order valence-corrected chi connectivity index (χ0v) is 18.5. The molecule has 0 spiro atoms. The molecule has 2 heterocycles. The standard InChI is InChI=1S/C21H24ClN3O4S/c1-14(2)28-10-4-8-23-19(26)13-30-21-24-18-11-15(22)6-7-17(18)20(27)25(21)12-16-5-3-9-29-16/h3,5-7,9,11,14H,4,8,10,12-13H2,1-2H3,(H,23,26). The van der Waals surface area contributed by atoms with E-state index < -0.39 is 0 Å². The molecule has 0 aliphatic rings. The summed E-state index contributed by atoms with van der Waals surface area (Å²) in [6.45, 7) is 5.31. The van der Waals surface area contributed by atoms with Gasteiger partial charge in [0, 0.05) is 18.2 Å². The van der Waals surface area contributed by atoms with Gasteiger partial charge >= 0.3 is 0 Å². The summed E-state index contributed by atoms with van der Waals surface area (Å²) in [6.07, 6.45) is 2.47. The van der Waals surface area contributed by atoms with Gasteiger partial charge in [0.1, 0.15) is 5.76 Å².